The van der Waals surface area contributed by atoms with Crippen LogP contribution in [0, 0.1) is 13.8 Å². The Kier molecular flexibility index (Phi) is 2.62. The smallest absolute Gasteiger partial charge is 0.249 e. The summed E-state index contributed by atoms with van der Waals surface area (Å²) < 4.78 is 0. The van der Waals surface area contributed by atoms with Gasteiger partial charge in [-0.15, -0.1) is 0 Å². The van der Waals surface area contributed by atoms with Gasteiger partial charge in [0.05, 0.1) is 11.4 Å². The van der Waals surface area contributed by atoms with E-state index in [0.29, 0.717) is 0 Å². The lowest BCUT2D eigenvalue weighted by atomic mass is 10.0. The highest BCUT2D eigenvalue weighted by Crippen LogP contribution is 2.35. The van der Waals surface area contributed by atoms with Crippen molar-refractivity contribution < 1.29 is 4.79 Å². The third kappa shape index (κ3) is 1.56. The van der Waals surface area contributed by atoms with Crippen LogP contribution in [0.2, 0.25) is 0 Å². The molecule has 0 fully saturated rings. The van der Waals surface area contributed by atoms with Crippen LogP contribution < -0.4 is 10.2 Å². The number of carbonyl (C=O) groups excluding carboxylic acids is 1. The number of fused-ring (bicyclic) bond motifs is 1. The van der Waals surface area contributed by atoms with Crippen LogP contribution in [-0.4, -0.2) is 19.0 Å². The van der Waals surface area contributed by atoms with Crippen LogP contribution in [0.25, 0.3) is 0 Å². The molecule has 0 saturated carbocycles. The molecule has 1 atom stereocenters. The summed E-state index contributed by atoms with van der Waals surface area (Å²) in [6.45, 7) is 6.15. The van der Waals surface area contributed by atoms with Crippen LogP contribution in [0.4, 0.5) is 11.4 Å². The molecule has 0 saturated heterocycles. The molecule has 0 spiro atoms. The van der Waals surface area contributed by atoms with Crippen molar-refractivity contribution in [3.05, 3.63) is 23.3 Å². The number of amides is 1. The molecule has 0 aromatic heterocycles. The molecule has 1 amide bonds. The molecule has 1 unspecified atom stereocenters. The number of anilines is 2. The maximum atomic E-state index is 12.0. The Bertz CT molecular complexity index is 440. The summed E-state index contributed by atoms with van der Waals surface area (Å²) in [5, 5.41) is 3.32. The fourth-order valence-corrected chi connectivity index (χ4v) is 2.39. The Morgan fingerprint density at radius 3 is 2.69 bits per heavy atom. The second kappa shape index (κ2) is 3.81. The summed E-state index contributed by atoms with van der Waals surface area (Å²) >= 11 is 0. The topological polar surface area (TPSA) is 32.3 Å². The second-order valence-corrected chi connectivity index (χ2v) is 4.48. The number of hydrogen-bond donors (Lipinski definition) is 1. The molecule has 0 radical (unpaired) electrons. The van der Waals surface area contributed by atoms with Crippen LogP contribution in [0.1, 0.15) is 24.5 Å². The SMILES string of the molecule is CCC1Nc2cc(C)cc(C)c2N(C)C1=O. The minimum Gasteiger partial charge on any atom is -0.372 e. The predicted octanol–water partition coefficient (Wildman–Crippen LogP) is 2.47. The highest BCUT2D eigenvalue weighted by molar-refractivity contribution is 6.05. The Hall–Kier alpha value is -1.51. The number of carbonyl (C=O) groups is 1. The first-order valence-electron chi connectivity index (χ1n) is 5.70. The standard InChI is InChI=1S/C13H18N2O/c1-5-10-13(16)15(4)12-9(3)6-8(2)7-11(12)14-10/h6-7,10,14H,5H2,1-4H3. The largest absolute Gasteiger partial charge is 0.372 e. The molecule has 3 nitrogen and oxygen atoms in total. The van der Waals surface area contributed by atoms with Gasteiger partial charge >= 0.3 is 0 Å². The number of nitrogens with zero attached hydrogens (tertiary/aromatic N) is 1. The highest BCUT2D eigenvalue weighted by atomic mass is 16.2. The van der Waals surface area contributed by atoms with Crippen molar-refractivity contribution in [1.82, 2.24) is 0 Å². The fourth-order valence-electron chi connectivity index (χ4n) is 2.39. The Morgan fingerprint density at radius 1 is 1.38 bits per heavy atom. The van der Waals surface area contributed by atoms with E-state index in [1.807, 2.05) is 20.9 Å². The van der Waals surface area contributed by atoms with Crippen LogP contribution in [0.5, 0.6) is 0 Å². The van der Waals surface area contributed by atoms with E-state index in [0.717, 1.165) is 23.4 Å². The van der Waals surface area contributed by atoms with E-state index < -0.39 is 0 Å². The number of likely N-dealkylation sites (N-methyl/N-ethyl adjacent to an activating group) is 1. The van der Waals surface area contributed by atoms with Crippen LogP contribution >= 0.6 is 0 Å². The number of hydrogen-bond acceptors (Lipinski definition) is 2. The molecular weight excluding hydrogens is 200 g/mol. The minimum atomic E-state index is -0.0845. The van der Waals surface area contributed by atoms with Crippen LogP contribution in [-0.2, 0) is 4.79 Å². The van der Waals surface area contributed by atoms with E-state index in [9.17, 15) is 4.79 Å². The van der Waals surface area contributed by atoms with Crippen LogP contribution in [0.15, 0.2) is 12.1 Å². The van der Waals surface area contributed by atoms with Crippen molar-refractivity contribution >= 4 is 17.3 Å². The summed E-state index contributed by atoms with van der Waals surface area (Å²) in [4.78, 5) is 13.8. The molecule has 1 aliphatic rings. The molecular formula is C13H18N2O. The molecule has 1 aromatic rings. The maximum absolute atomic E-state index is 12.0. The number of nitrogens with one attached hydrogen (secondary N) is 1. The molecule has 1 heterocycles. The number of aryl methyl sites for hydroxylation is 2. The molecule has 16 heavy (non-hydrogen) atoms. The van der Waals surface area contributed by atoms with E-state index in [1.54, 1.807) is 4.90 Å². The zero-order valence-corrected chi connectivity index (χ0v) is 10.3. The molecule has 0 bridgehead atoms. The van der Waals surface area contributed by atoms with Gasteiger partial charge in [0, 0.05) is 7.05 Å². The van der Waals surface area contributed by atoms with Crippen molar-refractivity contribution in [3.8, 4) is 0 Å². The molecule has 0 aliphatic carbocycles. The van der Waals surface area contributed by atoms with Crippen molar-refractivity contribution in [3.63, 3.8) is 0 Å². The second-order valence-electron chi connectivity index (χ2n) is 4.48. The van der Waals surface area contributed by atoms with Gasteiger partial charge < -0.3 is 10.2 Å². The molecule has 1 aromatic carbocycles. The minimum absolute atomic E-state index is 0.0845. The third-order valence-electron chi connectivity index (χ3n) is 3.15. The van der Waals surface area contributed by atoms with E-state index in [1.165, 1.54) is 5.56 Å². The van der Waals surface area contributed by atoms with Gasteiger partial charge in [-0.3, -0.25) is 4.79 Å². The average molecular weight is 218 g/mol. The predicted molar refractivity (Wildman–Crippen MR) is 67.0 cm³/mol. The van der Waals surface area contributed by atoms with Gasteiger partial charge in [-0.25, -0.2) is 0 Å². The molecule has 3 heteroatoms. The first-order valence-corrected chi connectivity index (χ1v) is 5.70. The third-order valence-corrected chi connectivity index (χ3v) is 3.15. The van der Waals surface area contributed by atoms with E-state index in [4.69, 9.17) is 0 Å². The highest BCUT2D eigenvalue weighted by Gasteiger charge is 2.29. The van der Waals surface area contributed by atoms with Crippen molar-refractivity contribution in [2.24, 2.45) is 0 Å². The summed E-state index contributed by atoms with van der Waals surface area (Å²) in [5.41, 5.74) is 4.46. The van der Waals surface area contributed by atoms with Crippen LogP contribution in [0.3, 0.4) is 0 Å². The zero-order chi connectivity index (χ0) is 11.9. The molecule has 1 N–H and O–H groups in total. The summed E-state index contributed by atoms with van der Waals surface area (Å²) in [6, 6.07) is 4.13. The van der Waals surface area contributed by atoms with Gasteiger partial charge in [0.15, 0.2) is 0 Å². The fraction of sp³-hybridized carbons (Fsp3) is 0.462. The quantitative estimate of drug-likeness (QED) is 0.785. The maximum Gasteiger partial charge on any atom is 0.249 e. The lowest BCUT2D eigenvalue weighted by Gasteiger charge is -2.34. The first kappa shape index (κ1) is 11.0. The molecule has 2 rings (SSSR count). The number of rotatable bonds is 1. The lowest BCUT2D eigenvalue weighted by Crippen LogP contribution is -2.45. The Morgan fingerprint density at radius 2 is 2.06 bits per heavy atom. The average Bonchev–Trinajstić information content (AvgIpc) is 2.22. The monoisotopic (exact) mass is 218 g/mol. The summed E-state index contributed by atoms with van der Waals surface area (Å²) in [6.07, 6.45) is 0.815. The van der Waals surface area contributed by atoms with Crippen molar-refractivity contribution in [2.45, 2.75) is 33.2 Å². The van der Waals surface area contributed by atoms with E-state index in [-0.39, 0.29) is 11.9 Å². The van der Waals surface area contributed by atoms with Gasteiger partial charge in [-0.1, -0.05) is 13.0 Å². The van der Waals surface area contributed by atoms with Gasteiger partial charge in [-0.2, -0.15) is 0 Å². The molecule has 1 aliphatic heterocycles. The number of benzene rings is 1. The zero-order valence-electron chi connectivity index (χ0n) is 10.3. The lowest BCUT2D eigenvalue weighted by molar-refractivity contribution is -0.119. The summed E-state index contributed by atoms with van der Waals surface area (Å²) in [5.74, 6) is 0.155. The summed E-state index contributed by atoms with van der Waals surface area (Å²) in [7, 11) is 1.85. The van der Waals surface area contributed by atoms with Crippen molar-refractivity contribution in [1.29, 1.82) is 0 Å². The molecule has 86 valence electrons. The van der Waals surface area contributed by atoms with Gasteiger partial charge in [-0.05, 0) is 37.5 Å². The Labute approximate surface area is 96.5 Å². The normalized spacial score (nSPS) is 19.4. The van der Waals surface area contributed by atoms with Gasteiger partial charge in [0.25, 0.3) is 0 Å². The Balaban J connectivity index is 2.54. The van der Waals surface area contributed by atoms with E-state index >= 15 is 0 Å². The van der Waals surface area contributed by atoms with Gasteiger partial charge in [0.1, 0.15) is 6.04 Å². The van der Waals surface area contributed by atoms with Crippen molar-refractivity contribution in [2.75, 3.05) is 17.3 Å². The van der Waals surface area contributed by atoms with E-state index in [2.05, 4.69) is 24.4 Å². The van der Waals surface area contributed by atoms with Gasteiger partial charge in [0.2, 0.25) is 5.91 Å². The first-order chi connectivity index (χ1) is 7.54.